The van der Waals surface area contributed by atoms with E-state index in [1.54, 1.807) is 7.11 Å². The topological polar surface area (TPSA) is 91.2 Å². The minimum atomic E-state index is 0.0299. The summed E-state index contributed by atoms with van der Waals surface area (Å²) in [5, 5.41) is 1.16. The van der Waals surface area contributed by atoms with E-state index in [1.807, 2.05) is 24.1 Å². The van der Waals surface area contributed by atoms with Crippen molar-refractivity contribution < 1.29 is 9.53 Å². The Kier molecular flexibility index (Phi) is 5.92. The molecule has 2 bridgehead atoms. The van der Waals surface area contributed by atoms with Crippen molar-refractivity contribution in [2.45, 2.75) is 82.3 Å². The Morgan fingerprint density at radius 2 is 1.85 bits per heavy atom. The average molecular weight is 553 g/mol. The van der Waals surface area contributed by atoms with Gasteiger partial charge in [0.1, 0.15) is 16.9 Å². The Bertz CT molecular complexity index is 1660. The molecule has 8 rings (SSSR count). The van der Waals surface area contributed by atoms with Gasteiger partial charge < -0.3 is 24.5 Å². The maximum Gasteiger partial charge on any atom is 0.254 e. The number of amides is 1. The van der Waals surface area contributed by atoms with Crippen LogP contribution in [0.25, 0.3) is 33.6 Å². The highest BCUT2D eigenvalue weighted by molar-refractivity contribution is 6.00. The Labute approximate surface area is 240 Å². The average Bonchev–Trinajstić information content (AvgIpc) is 3.41. The number of piperidine rings is 1. The third-order valence-corrected chi connectivity index (χ3v) is 10.5. The first-order valence-corrected chi connectivity index (χ1v) is 15.6. The number of likely N-dealkylation sites (tertiary alicyclic amines) is 1. The summed E-state index contributed by atoms with van der Waals surface area (Å²) in [6, 6.07) is 10.8. The maximum absolute atomic E-state index is 13.7. The van der Waals surface area contributed by atoms with Gasteiger partial charge in [0.25, 0.3) is 5.91 Å². The minimum Gasteiger partial charge on any atom is -0.494 e. The van der Waals surface area contributed by atoms with Crippen molar-refractivity contribution >= 4 is 28.0 Å². The predicted octanol–water partition coefficient (Wildman–Crippen LogP) is 5.62. The van der Waals surface area contributed by atoms with Crippen molar-refractivity contribution in [2.24, 2.45) is 24.6 Å². The van der Waals surface area contributed by atoms with E-state index in [4.69, 9.17) is 20.4 Å². The van der Waals surface area contributed by atoms with Crippen molar-refractivity contribution in [1.29, 1.82) is 0 Å². The summed E-state index contributed by atoms with van der Waals surface area (Å²) < 4.78 is 10.4. The SMILES string of the molecule is COc1cc(C(=O)N2C[C@H]3CC[C@@H]2[C@@H]3N)cc2nc(-c3cc4ccc(C5CCCCC5)nc4n3CC3CC3)n(C)c12. The van der Waals surface area contributed by atoms with Gasteiger partial charge in [-0.25, -0.2) is 9.97 Å². The number of pyridine rings is 1. The van der Waals surface area contributed by atoms with Gasteiger partial charge >= 0.3 is 0 Å². The largest absolute Gasteiger partial charge is 0.494 e. The molecule has 214 valence electrons. The van der Waals surface area contributed by atoms with E-state index in [1.165, 1.54) is 50.6 Å². The number of ether oxygens (including phenoxy) is 1. The Hall–Kier alpha value is -3.39. The third kappa shape index (κ3) is 4.09. The number of aromatic nitrogens is 4. The normalized spacial score (nSPS) is 24.7. The number of fused-ring (bicyclic) bond motifs is 4. The third-order valence-electron chi connectivity index (χ3n) is 10.5. The number of benzene rings is 1. The van der Waals surface area contributed by atoms with Crippen LogP contribution in [-0.2, 0) is 13.6 Å². The number of nitrogens with zero attached hydrogens (tertiary/aromatic N) is 5. The molecule has 3 saturated carbocycles. The van der Waals surface area contributed by atoms with Crippen molar-refractivity contribution in [1.82, 2.24) is 24.0 Å². The molecule has 8 nitrogen and oxygen atoms in total. The lowest BCUT2D eigenvalue weighted by molar-refractivity contribution is 0.0700. The fourth-order valence-electron chi connectivity index (χ4n) is 7.96. The zero-order valence-electron chi connectivity index (χ0n) is 24.2. The van der Waals surface area contributed by atoms with Gasteiger partial charge in [0, 0.05) is 54.8 Å². The van der Waals surface area contributed by atoms with E-state index in [9.17, 15) is 4.79 Å². The highest BCUT2D eigenvalue weighted by atomic mass is 16.5. The van der Waals surface area contributed by atoms with Gasteiger partial charge in [0.05, 0.1) is 18.3 Å². The number of rotatable bonds is 6. The number of methoxy groups -OCH3 is 1. The van der Waals surface area contributed by atoms with Gasteiger partial charge in [-0.3, -0.25) is 4.79 Å². The smallest absolute Gasteiger partial charge is 0.254 e. The second-order valence-electron chi connectivity index (χ2n) is 13.0. The Morgan fingerprint density at radius 1 is 1.02 bits per heavy atom. The second-order valence-corrected chi connectivity index (χ2v) is 13.0. The lowest BCUT2D eigenvalue weighted by Crippen LogP contribution is -2.41. The summed E-state index contributed by atoms with van der Waals surface area (Å²) in [5.74, 6) is 3.25. The summed E-state index contributed by atoms with van der Waals surface area (Å²) >= 11 is 0. The van der Waals surface area contributed by atoms with Crippen molar-refractivity contribution in [3.8, 4) is 17.3 Å². The molecule has 1 aliphatic heterocycles. The molecular formula is C33H40N6O2. The summed E-state index contributed by atoms with van der Waals surface area (Å²) in [7, 11) is 3.72. The summed E-state index contributed by atoms with van der Waals surface area (Å²) in [6.45, 7) is 1.71. The van der Waals surface area contributed by atoms with E-state index < -0.39 is 0 Å². The molecule has 4 fully saturated rings. The van der Waals surface area contributed by atoms with Gasteiger partial charge in [-0.1, -0.05) is 19.3 Å². The molecule has 41 heavy (non-hydrogen) atoms. The molecule has 0 unspecified atom stereocenters. The lowest BCUT2D eigenvalue weighted by Gasteiger charge is -2.27. The van der Waals surface area contributed by atoms with Gasteiger partial charge in [-0.05, 0) is 80.7 Å². The van der Waals surface area contributed by atoms with Crippen LogP contribution in [0.15, 0.2) is 30.3 Å². The lowest BCUT2D eigenvalue weighted by atomic mass is 9.86. The number of aryl methyl sites for hydroxylation is 1. The summed E-state index contributed by atoms with van der Waals surface area (Å²) in [4.78, 5) is 26.1. The van der Waals surface area contributed by atoms with Crippen molar-refractivity contribution in [3.63, 3.8) is 0 Å². The van der Waals surface area contributed by atoms with Gasteiger partial charge in [0.15, 0.2) is 5.82 Å². The molecule has 4 aromatic rings. The van der Waals surface area contributed by atoms with Crippen LogP contribution < -0.4 is 10.5 Å². The fraction of sp³-hybridized carbons (Fsp3) is 0.545. The van der Waals surface area contributed by atoms with Gasteiger partial charge in [0.2, 0.25) is 0 Å². The molecule has 3 atom stereocenters. The van der Waals surface area contributed by atoms with E-state index >= 15 is 0 Å². The quantitative estimate of drug-likeness (QED) is 0.335. The standard InChI is InChI=1S/C33H40N6O2/c1-37-30-25(14-23(16-28(30)41-2)33(40)39-18-22-11-13-26(39)29(22)34)36-32(37)27-15-21-10-12-24(20-6-4-3-5-7-20)35-31(21)38(27)17-19-8-9-19/h10,12,14-16,19-20,22,26,29H,3-9,11,13,17-18,34H2,1-2H3/t22-,26-,29-/m1/s1. The number of carbonyl (C=O) groups excluding carboxylic acids is 1. The van der Waals surface area contributed by atoms with Crippen LogP contribution in [0.2, 0.25) is 0 Å². The van der Waals surface area contributed by atoms with Crippen LogP contribution in [-0.4, -0.2) is 55.6 Å². The summed E-state index contributed by atoms with van der Waals surface area (Å²) in [5.41, 5.74) is 12.1. The molecule has 0 spiro atoms. The second kappa shape index (κ2) is 9.58. The molecule has 8 heteroatoms. The summed E-state index contributed by atoms with van der Waals surface area (Å²) in [6.07, 6.45) is 11.1. The van der Waals surface area contributed by atoms with Crippen LogP contribution in [0, 0.1) is 11.8 Å². The van der Waals surface area contributed by atoms with Crippen LogP contribution in [0.5, 0.6) is 5.75 Å². The molecule has 4 aliphatic rings. The maximum atomic E-state index is 13.7. The van der Waals surface area contributed by atoms with Gasteiger partial charge in [-0.2, -0.15) is 0 Å². The molecule has 4 heterocycles. The first-order valence-electron chi connectivity index (χ1n) is 15.6. The molecule has 3 aliphatic carbocycles. The van der Waals surface area contributed by atoms with E-state index in [0.717, 1.165) is 59.5 Å². The van der Waals surface area contributed by atoms with Crippen LogP contribution in [0.3, 0.4) is 0 Å². The zero-order valence-corrected chi connectivity index (χ0v) is 24.2. The van der Waals surface area contributed by atoms with E-state index in [2.05, 4.69) is 27.3 Å². The molecular weight excluding hydrogens is 512 g/mol. The molecule has 2 N–H and O–H groups in total. The first kappa shape index (κ1) is 25.3. The highest BCUT2D eigenvalue weighted by Crippen LogP contribution is 2.41. The van der Waals surface area contributed by atoms with E-state index in [0.29, 0.717) is 29.1 Å². The van der Waals surface area contributed by atoms with Crippen LogP contribution >= 0.6 is 0 Å². The molecule has 3 aromatic heterocycles. The number of hydrogen-bond acceptors (Lipinski definition) is 5. The Morgan fingerprint density at radius 3 is 2.56 bits per heavy atom. The molecule has 0 radical (unpaired) electrons. The number of imidazole rings is 1. The minimum absolute atomic E-state index is 0.0299. The molecule has 1 amide bonds. The Balaban J connectivity index is 1.22. The number of hydrogen-bond donors (Lipinski definition) is 1. The molecule has 1 aromatic carbocycles. The highest BCUT2D eigenvalue weighted by Gasteiger charge is 2.47. The number of nitrogens with two attached hydrogens (primary N) is 1. The first-order chi connectivity index (χ1) is 20.0. The number of carbonyl (C=O) groups is 1. The molecule has 1 saturated heterocycles. The predicted molar refractivity (Wildman–Crippen MR) is 160 cm³/mol. The fourth-order valence-corrected chi connectivity index (χ4v) is 7.96. The monoisotopic (exact) mass is 552 g/mol. The van der Waals surface area contributed by atoms with E-state index in [-0.39, 0.29) is 18.0 Å². The van der Waals surface area contributed by atoms with Crippen LogP contribution in [0.4, 0.5) is 0 Å². The van der Waals surface area contributed by atoms with Crippen molar-refractivity contribution in [3.05, 3.63) is 41.6 Å². The zero-order chi connectivity index (χ0) is 27.8. The van der Waals surface area contributed by atoms with Crippen LogP contribution in [0.1, 0.15) is 79.8 Å². The van der Waals surface area contributed by atoms with Gasteiger partial charge in [-0.15, -0.1) is 0 Å². The van der Waals surface area contributed by atoms with Crippen molar-refractivity contribution in [2.75, 3.05) is 13.7 Å².